The predicted molar refractivity (Wildman–Crippen MR) is 97.4 cm³/mol. The second kappa shape index (κ2) is 9.73. The van der Waals surface area contributed by atoms with Crippen molar-refractivity contribution in [1.82, 2.24) is 5.32 Å². The normalized spacial score (nSPS) is 15.9. The van der Waals surface area contributed by atoms with Crippen LogP contribution in [0.25, 0.3) is 0 Å². The fourth-order valence-electron chi connectivity index (χ4n) is 2.68. The Labute approximate surface area is 149 Å². The molecule has 0 aliphatic heterocycles. The first kappa shape index (κ1) is 21.4. The fourth-order valence-corrected chi connectivity index (χ4v) is 4.59. The summed E-state index contributed by atoms with van der Waals surface area (Å²) in [6.45, 7) is 5.42. The molecule has 0 spiro atoms. The summed E-state index contributed by atoms with van der Waals surface area (Å²) in [5.74, 6) is -1.39. The smallest absolute Gasteiger partial charge is 0.328 e. The van der Waals surface area contributed by atoms with Crippen molar-refractivity contribution in [1.29, 1.82) is 0 Å². The van der Waals surface area contributed by atoms with Crippen LogP contribution in [-0.4, -0.2) is 36.1 Å². The van der Waals surface area contributed by atoms with Gasteiger partial charge in [-0.1, -0.05) is 44.2 Å². The number of hydrogen-bond acceptors (Lipinski definition) is 4. The molecule has 140 valence electrons. The third-order valence-corrected chi connectivity index (χ3v) is 5.69. The summed E-state index contributed by atoms with van der Waals surface area (Å²) >= 11 is 0. The second-order valence-electron chi connectivity index (χ2n) is 6.75. The highest BCUT2D eigenvalue weighted by Crippen LogP contribution is 2.47. The molecule has 0 saturated heterocycles. The second-order valence-corrected chi connectivity index (χ2v) is 9.13. The minimum atomic E-state index is -3.53. The summed E-state index contributed by atoms with van der Waals surface area (Å²) in [4.78, 5) is 34.3. The first-order valence-electron chi connectivity index (χ1n) is 8.37. The first-order valence-corrected chi connectivity index (χ1v) is 10.4. The Morgan fingerprint density at radius 3 is 2.32 bits per heavy atom. The van der Waals surface area contributed by atoms with Crippen LogP contribution in [0.1, 0.15) is 32.8 Å². The predicted octanol–water partition coefficient (Wildman–Crippen LogP) is 2.80. The van der Waals surface area contributed by atoms with Crippen molar-refractivity contribution in [2.45, 2.75) is 39.4 Å². The van der Waals surface area contributed by atoms with Crippen LogP contribution >= 0.6 is 7.37 Å². The Hall–Kier alpha value is -1.65. The maximum Gasteiger partial charge on any atom is 0.328 e. The standard InChI is InChI=1S/C18H28NO5P/c1-13(2)10-16(17(20)19-14(3)18(21)24-4)12-25(22,23)11-15-8-6-5-7-9-15/h5-9,13-14,16H,10-12H2,1-4H3,(H,19,20)(H,22,23)/t14-,16?/m0/s1. The molecule has 0 aliphatic carbocycles. The highest BCUT2D eigenvalue weighted by atomic mass is 31.2. The molecule has 0 aliphatic rings. The van der Waals surface area contributed by atoms with Crippen LogP contribution in [0.3, 0.4) is 0 Å². The molecule has 0 radical (unpaired) electrons. The topological polar surface area (TPSA) is 92.7 Å². The first-order chi connectivity index (χ1) is 11.6. The van der Waals surface area contributed by atoms with Crippen LogP contribution in [0.5, 0.6) is 0 Å². The largest absolute Gasteiger partial charge is 0.467 e. The van der Waals surface area contributed by atoms with Crippen LogP contribution in [0.4, 0.5) is 0 Å². The number of ether oxygens (including phenoxy) is 1. The maximum atomic E-state index is 12.6. The number of carbonyl (C=O) groups is 2. The maximum absolute atomic E-state index is 12.6. The lowest BCUT2D eigenvalue weighted by atomic mass is 9.98. The molecule has 1 amide bonds. The average Bonchev–Trinajstić information content (AvgIpc) is 2.53. The van der Waals surface area contributed by atoms with E-state index >= 15 is 0 Å². The Kier molecular flexibility index (Phi) is 8.33. The number of hydrogen-bond donors (Lipinski definition) is 2. The lowest BCUT2D eigenvalue weighted by Gasteiger charge is -2.23. The van der Waals surface area contributed by atoms with Gasteiger partial charge in [-0.25, -0.2) is 4.79 Å². The average molecular weight is 369 g/mol. The summed E-state index contributed by atoms with van der Waals surface area (Å²) in [7, 11) is -2.28. The van der Waals surface area contributed by atoms with Crippen LogP contribution in [-0.2, 0) is 25.1 Å². The number of carbonyl (C=O) groups excluding carboxylic acids is 2. The van der Waals surface area contributed by atoms with Gasteiger partial charge in [-0.15, -0.1) is 0 Å². The number of nitrogens with one attached hydrogen (secondary N) is 1. The number of rotatable bonds is 9. The van der Waals surface area contributed by atoms with Crippen LogP contribution in [0, 0.1) is 11.8 Å². The molecule has 2 unspecified atom stereocenters. The van der Waals surface area contributed by atoms with Crippen molar-refractivity contribution in [3.8, 4) is 0 Å². The molecule has 0 saturated carbocycles. The fraction of sp³-hybridized carbons (Fsp3) is 0.556. The third-order valence-electron chi connectivity index (χ3n) is 3.82. The van der Waals surface area contributed by atoms with Gasteiger partial charge in [0.05, 0.1) is 7.11 Å². The monoisotopic (exact) mass is 369 g/mol. The molecule has 0 fully saturated rings. The van der Waals surface area contributed by atoms with E-state index in [1.165, 1.54) is 14.0 Å². The minimum absolute atomic E-state index is 0.0300. The van der Waals surface area contributed by atoms with Crippen molar-refractivity contribution in [2.75, 3.05) is 13.3 Å². The van der Waals surface area contributed by atoms with Gasteiger partial charge in [0.15, 0.2) is 0 Å². The van der Waals surface area contributed by atoms with Crippen molar-refractivity contribution in [2.24, 2.45) is 11.8 Å². The number of esters is 1. The van der Waals surface area contributed by atoms with Crippen molar-refractivity contribution in [3.63, 3.8) is 0 Å². The molecule has 0 aromatic heterocycles. The van der Waals surface area contributed by atoms with Crippen molar-refractivity contribution in [3.05, 3.63) is 35.9 Å². The zero-order valence-corrected chi connectivity index (χ0v) is 16.2. The zero-order chi connectivity index (χ0) is 19.0. The van der Waals surface area contributed by atoms with Gasteiger partial charge in [0.25, 0.3) is 0 Å². The third kappa shape index (κ3) is 7.84. The molecule has 3 atom stereocenters. The highest BCUT2D eigenvalue weighted by Gasteiger charge is 2.31. The van der Waals surface area contributed by atoms with E-state index in [0.717, 1.165) is 5.56 Å². The minimum Gasteiger partial charge on any atom is -0.467 e. The number of benzene rings is 1. The number of amides is 1. The highest BCUT2D eigenvalue weighted by molar-refractivity contribution is 7.57. The lowest BCUT2D eigenvalue weighted by Crippen LogP contribution is -2.43. The van der Waals surface area contributed by atoms with Gasteiger partial charge in [-0.2, -0.15) is 0 Å². The Balaban J connectivity index is 2.82. The molecular weight excluding hydrogens is 341 g/mol. The summed E-state index contributed by atoms with van der Waals surface area (Å²) in [5.41, 5.74) is 0.764. The van der Waals surface area contributed by atoms with Gasteiger partial charge in [-0.3, -0.25) is 9.36 Å². The molecule has 25 heavy (non-hydrogen) atoms. The van der Waals surface area contributed by atoms with E-state index in [4.69, 9.17) is 0 Å². The van der Waals surface area contributed by atoms with Crippen molar-refractivity contribution >= 4 is 19.2 Å². The molecule has 1 rings (SSSR count). The Morgan fingerprint density at radius 1 is 1.20 bits per heavy atom. The van der Waals surface area contributed by atoms with Crippen LogP contribution < -0.4 is 5.32 Å². The summed E-state index contributed by atoms with van der Waals surface area (Å²) < 4.78 is 17.2. The molecule has 0 heterocycles. The van der Waals surface area contributed by atoms with E-state index < -0.39 is 31.2 Å². The van der Waals surface area contributed by atoms with E-state index in [2.05, 4.69) is 10.1 Å². The van der Waals surface area contributed by atoms with E-state index in [1.54, 1.807) is 12.1 Å². The van der Waals surface area contributed by atoms with E-state index in [9.17, 15) is 19.0 Å². The molecule has 0 bridgehead atoms. The Bertz CT molecular complexity index is 617. The molecule has 1 aromatic rings. The van der Waals surface area contributed by atoms with Crippen LogP contribution in [0.2, 0.25) is 0 Å². The van der Waals surface area contributed by atoms with Gasteiger partial charge < -0.3 is 14.9 Å². The quantitative estimate of drug-likeness (QED) is 0.516. The van der Waals surface area contributed by atoms with E-state index in [1.807, 2.05) is 32.0 Å². The van der Waals surface area contributed by atoms with Gasteiger partial charge in [0.1, 0.15) is 6.04 Å². The SMILES string of the molecule is COC(=O)[C@H](C)NC(=O)C(CC(C)C)CP(=O)(O)Cc1ccccc1. The molecule has 2 N–H and O–H groups in total. The lowest BCUT2D eigenvalue weighted by molar-refractivity contribution is -0.145. The van der Waals surface area contributed by atoms with E-state index in [-0.39, 0.29) is 18.2 Å². The zero-order valence-electron chi connectivity index (χ0n) is 15.3. The number of methoxy groups -OCH3 is 1. The van der Waals surface area contributed by atoms with Gasteiger partial charge in [0, 0.05) is 18.2 Å². The summed E-state index contributed by atoms with van der Waals surface area (Å²) in [6, 6.07) is 8.26. The Morgan fingerprint density at radius 2 is 1.80 bits per heavy atom. The van der Waals surface area contributed by atoms with E-state index in [0.29, 0.717) is 6.42 Å². The van der Waals surface area contributed by atoms with Crippen molar-refractivity contribution < 1.29 is 23.8 Å². The molecule has 6 nitrogen and oxygen atoms in total. The molecular formula is C18H28NO5P. The molecule has 7 heteroatoms. The van der Waals surface area contributed by atoms with Gasteiger partial charge >= 0.3 is 5.97 Å². The van der Waals surface area contributed by atoms with Gasteiger partial charge in [0.2, 0.25) is 13.3 Å². The van der Waals surface area contributed by atoms with Gasteiger partial charge in [-0.05, 0) is 24.8 Å². The van der Waals surface area contributed by atoms with Crippen LogP contribution in [0.15, 0.2) is 30.3 Å². The summed E-state index contributed by atoms with van der Waals surface area (Å²) in [6.07, 6.45) is 0.390. The molecule has 1 aromatic carbocycles. The summed E-state index contributed by atoms with van der Waals surface area (Å²) in [5, 5.41) is 2.58.